The van der Waals surface area contributed by atoms with Gasteiger partial charge in [-0.2, -0.15) is 8.42 Å². The first-order valence-electron chi connectivity index (χ1n) is 10.5. The average Bonchev–Trinajstić information content (AvgIpc) is 2.61. The summed E-state index contributed by atoms with van der Waals surface area (Å²) in [5, 5.41) is 0. The van der Waals surface area contributed by atoms with Crippen LogP contribution in [0.2, 0.25) is 0 Å². The Morgan fingerprint density at radius 2 is 0.962 bits per heavy atom. The van der Waals surface area contributed by atoms with Gasteiger partial charge in [0.2, 0.25) is 0 Å². The van der Waals surface area contributed by atoms with E-state index < -0.39 is 10.1 Å². The lowest BCUT2D eigenvalue weighted by Gasteiger charge is -2.03. The van der Waals surface area contributed by atoms with Crippen molar-refractivity contribution in [3.05, 3.63) is 30.6 Å². The van der Waals surface area contributed by atoms with Crippen LogP contribution in [0.4, 0.5) is 0 Å². The number of nitrogens with zero attached hydrogens (tertiary/aromatic N) is 1. The van der Waals surface area contributed by atoms with Crippen molar-refractivity contribution in [1.82, 2.24) is 0 Å². The molecule has 0 aliphatic heterocycles. The largest absolute Gasteiger partial charge is 0.286 e. The number of hydrogen-bond donors (Lipinski definition) is 1. The molecule has 0 saturated heterocycles. The third-order valence-electron chi connectivity index (χ3n) is 4.85. The van der Waals surface area contributed by atoms with Gasteiger partial charge in [0.1, 0.15) is 6.54 Å². The zero-order valence-corrected chi connectivity index (χ0v) is 17.1. The summed E-state index contributed by atoms with van der Waals surface area (Å²) in [5.41, 5.74) is 0. The van der Waals surface area contributed by atoms with Crippen LogP contribution in [-0.4, -0.2) is 18.7 Å². The summed E-state index contributed by atoms with van der Waals surface area (Å²) >= 11 is 0. The summed E-state index contributed by atoms with van der Waals surface area (Å²) in [5.74, 6) is -0.0852. The highest BCUT2D eigenvalue weighted by molar-refractivity contribution is 7.85. The standard InChI is InChI=1S/C21H37NO3S/c23-26(24,25)21-17-12-10-8-6-4-2-1-3-5-7-9-11-14-18-22-19-15-13-16-20-22/h13,15-16,19-20H,1-12,14,17-18,21H2/p+1. The SMILES string of the molecule is O=S(=O)(O)CCCCCCCCCCCCCCCC[n+]1ccccc1. The van der Waals surface area contributed by atoms with E-state index in [1.165, 1.54) is 70.6 Å². The quantitative estimate of drug-likeness (QED) is 0.224. The summed E-state index contributed by atoms with van der Waals surface area (Å²) in [6.45, 7) is 1.14. The molecule has 1 heterocycles. The van der Waals surface area contributed by atoms with E-state index in [0.717, 1.165) is 19.4 Å². The van der Waals surface area contributed by atoms with Crippen LogP contribution >= 0.6 is 0 Å². The van der Waals surface area contributed by atoms with Crippen LogP contribution in [0.1, 0.15) is 89.9 Å². The van der Waals surface area contributed by atoms with Gasteiger partial charge >= 0.3 is 0 Å². The van der Waals surface area contributed by atoms with Crippen molar-refractivity contribution in [2.75, 3.05) is 5.75 Å². The highest BCUT2D eigenvalue weighted by Gasteiger charge is 2.03. The smallest absolute Gasteiger partial charge is 0.264 e. The van der Waals surface area contributed by atoms with Gasteiger partial charge in [0.25, 0.3) is 10.1 Å². The monoisotopic (exact) mass is 384 g/mol. The molecule has 0 aromatic carbocycles. The minimum atomic E-state index is -3.76. The Balaban J connectivity index is 1.73. The van der Waals surface area contributed by atoms with Crippen LogP contribution in [0.25, 0.3) is 0 Å². The highest BCUT2D eigenvalue weighted by Crippen LogP contribution is 2.13. The van der Waals surface area contributed by atoms with Gasteiger partial charge < -0.3 is 0 Å². The summed E-state index contributed by atoms with van der Waals surface area (Å²) in [6, 6.07) is 6.23. The van der Waals surface area contributed by atoms with E-state index >= 15 is 0 Å². The molecule has 0 atom stereocenters. The Labute approximate surface area is 160 Å². The van der Waals surface area contributed by atoms with Gasteiger partial charge in [-0.3, -0.25) is 4.55 Å². The fraction of sp³-hybridized carbons (Fsp3) is 0.762. The van der Waals surface area contributed by atoms with Crippen molar-refractivity contribution in [2.24, 2.45) is 0 Å². The first-order valence-corrected chi connectivity index (χ1v) is 12.1. The van der Waals surface area contributed by atoms with E-state index in [4.69, 9.17) is 4.55 Å². The van der Waals surface area contributed by atoms with Crippen molar-refractivity contribution >= 4 is 10.1 Å². The topological polar surface area (TPSA) is 58.3 Å². The number of rotatable bonds is 17. The number of pyridine rings is 1. The molecule has 0 spiro atoms. The van der Waals surface area contributed by atoms with E-state index in [9.17, 15) is 8.42 Å². The van der Waals surface area contributed by atoms with Gasteiger partial charge in [-0.25, -0.2) is 4.57 Å². The molecule has 0 unspecified atom stereocenters. The zero-order chi connectivity index (χ0) is 18.9. The van der Waals surface area contributed by atoms with Gasteiger partial charge in [0, 0.05) is 18.6 Å². The molecule has 150 valence electrons. The van der Waals surface area contributed by atoms with Crippen LogP contribution in [0, 0.1) is 0 Å². The fourth-order valence-corrected chi connectivity index (χ4v) is 3.85. The van der Waals surface area contributed by atoms with Crippen LogP contribution in [-0.2, 0) is 16.7 Å². The minimum Gasteiger partial charge on any atom is -0.286 e. The Morgan fingerprint density at radius 3 is 1.38 bits per heavy atom. The van der Waals surface area contributed by atoms with Crippen molar-refractivity contribution in [1.29, 1.82) is 0 Å². The minimum absolute atomic E-state index is 0.0852. The first kappa shape index (κ1) is 23.1. The molecular weight excluding hydrogens is 346 g/mol. The molecule has 5 heteroatoms. The molecule has 0 radical (unpaired) electrons. The summed E-state index contributed by atoms with van der Waals surface area (Å²) in [6.07, 6.45) is 21.3. The lowest BCUT2D eigenvalue weighted by Crippen LogP contribution is -2.32. The lowest BCUT2D eigenvalue weighted by atomic mass is 10.0. The number of hydrogen-bond acceptors (Lipinski definition) is 2. The zero-order valence-electron chi connectivity index (χ0n) is 16.3. The normalized spacial score (nSPS) is 11.7. The lowest BCUT2D eigenvalue weighted by molar-refractivity contribution is -0.697. The Kier molecular flexibility index (Phi) is 13.5. The van der Waals surface area contributed by atoms with E-state index in [2.05, 4.69) is 35.2 Å². The van der Waals surface area contributed by atoms with Crippen molar-refractivity contribution in [2.45, 2.75) is 96.4 Å². The van der Waals surface area contributed by atoms with Gasteiger partial charge in [0.15, 0.2) is 12.4 Å². The molecule has 1 aromatic heterocycles. The molecule has 0 fully saturated rings. The maximum Gasteiger partial charge on any atom is 0.264 e. The first-order chi connectivity index (χ1) is 12.6. The molecule has 0 aliphatic rings. The molecule has 26 heavy (non-hydrogen) atoms. The van der Waals surface area contributed by atoms with Crippen LogP contribution in [0.15, 0.2) is 30.6 Å². The van der Waals surface area contributed by atoms with Crippen molar-refractivity contribution in [3.8, 4) is 0 Å². The van der Waals surface area contributed by atoms with E-state index in [1.807, 2.05) is 0 Å². The molecule has 4 nitrogen and oxygen atoms in total. The number of aryl methyl sites for hydroxylation is 1. The van der Waals surface area contributed by atoms with Crippen LogP contribution < -0.4 is 4.57 Å². The second-order valence-electron chi connectivity index (χ2n) is 7.35. The predicted molar refractivity (Wildman–Crippen MR) is 108 cm³/mol. The van der Waals surface area contributed by atoms with Gasteiger partial charge in [-0.05, 0) is 12.8 Å². The van der Waals surface area contributed by atoms with Gasteiger partial charge in [-0.15, -0.1) is 0 Å². The maximum atomic E-state index is 10.6. The molecule has 0 bridgehead atoms. The number of unbranched alkanes of at least 4 members (excludes halogenated alkanes) is 13. The van der Waals surface area contributed by atoms with Crippen molar-refractivity contribution < 1.29 is 17.5 Å². The average molecular weight is 385 g/mol. The van der Waals surface area contributed by atoms with E-state index in [-0.39, 0.29) is 5.75 Å². The Hall–Kier alpha value is -0.940. The molecular formula is C21H38NO3S+. The van der Waals surface area contributed by atoms with Crippen LogP contribution in [0.3, 0.4) is 0 Å². The second kappa shape index (κ2) is 15.2. The Bertz CT molecular complexity index is 531. The third kappa shape index (κ3) is 15.3. The second-order valence-corrected chi connectivity index (χ2v) is 8.92. The van der Waals surface area contributed by atoms with E-state index in [0.29, 0.717) is 6.42 Å². The third-order valence-corrected chi connectivity index (χ3v) is 5.65. The number of aromatic nitrogens is 1. The summed E-state index contributed by atoms with van der Waals surface area (Å²) in [4.78, 5) is 0. The van der Waals surface area contributed by atoms with Crippen LogP contribution in [0.5, 0.6) is 0 Å². The fourth-order valence-electron chi connectivity index (χ4n) is 3.28. The predicted octanol–water partition coefficient (Wildman–Crippen LogP) is 5.32. The molecule has 1 aromatic rings. The van der Waals surface area contributed by atoms with Gasteiger partial charge in [0.05, 0.1) is 5.75 Å². The summed E-state index contributed by atoms with van der Waals surface area (Å²) < 4.78 is 32.1. The molecule has 0 saturated carbocycles. The highest BCUT2D eigenvalue weighted by atomic mass is 32.2. The summed E-state index contributed by atoms with van der Waals surface area (Å²) in [7, 11) is -3.76. The molecule has 0 aliphatic carbocycles. The Morgan fingerprint density at radius 1 is 0.577 bits per heavy atom. The maximum absolute atomic E-state index is 10.6. The van der Waals surface area contributed by atoms with E-state index in [1.54, 1.807) is 0 Å². The molecule has 0 amide bonds. The van der Waals surface area contributed by atoms with Gasteiger partial charge in [-0.1, -0.05) is 76.7 Å². The van der Waals surface area contributed by atoms with Crippen molar-refractivity contribution in [3.63, 3.8) is 0 Å². The molecule has 1 N–H and O–H groups in total. The molecule has 1 rings (SSSR count).